The second-order valence-electron chi connectivity index (χ2n) is 8.04. The fraction of sp³-hybridized carbons (Fsp3) is 1.00. The summed E-state index contributed by atoms with van der Waals surface area (Å²) in [7, 11) is 0. The normalized spacial score (nSPS) is 28.1. The molecule has 0 radical (unpaired) electrons. The first-order valence-electron chi connectivity index (χ1n) is 8.66. The topological polar surface area (TPSA) is 21.3 Å². The molecule has 0 aromatic heterocycles. The molecule has 2 heteroatoms. The lowest BCUT2D eigenvalue weighted by molar-refractivity contribution is 0.0356. The van der Waals surface area contributed by atoms with Gasteiger partial charge in [0.25, 0.3) is 0 Å². The van der Waals surface area contributed by atoms with Crippen LogP contribution in [-0.2, 0) is 4.74 Å². The van der Waals surface area contributed by atoms with E-state index in [0.717, 1.165) is 49.9 Å². The standard InChI is InChI=1S/C18H37NO/c1-7-10-20-13-17-11-15(14(2)3)8-9-16(17)12-19-18(4,5)6/h14-17,19H,7-13H2,1-6H3. The second-order valence-corrected chi connectivity index (χ2v) is 8.04. The molecule has 20 heavy (non-hydrogen) atoms. The van der Waals surface area contributed by atoms with Crippen LogP contribution in [0.4, 0.5) is 0 Å². The van der Waals surface area contributed by atoms with Crippen LogP contribution in [0.1, 0.15) is 67.2 Å². The molecule has 3 atom stereocenters. The first-order chi connectivity index (χ1) is 9.33. The number of nitrogens with one attached hydrogen (secondary N) is 1. The van der Waals surface area contributed by atoms with Crippen LogP contribution in [0.25, 0.3) is 0 Å². The minimum atomic E-state index is 0.226. The van der Waals surface area contributed by atoms with Crippen molar-refractivity contribution in [2.75, 3.05) is 19.8 Å². The van der Waals surface area contributed by atoms with Crippen molar-refractivity contribution in [3.05, 3.63) is 0 Å². The van der Waals surface area contributed by atoms with E-state index in [1.807, 2.05) is 0 Å². The third-order valence-electron chi connectivity index (χ3n) is 4.70. The first-order valence-corrected chi connectivity index (χ1v) is 8.66. The Labute approximate surface area is 127 Å². The SMILES string of the molecule is CCCOCC1CC(C(C)C)CCC1CNC(C)(C)C. The van der Waals surface area contributed by atoms with Crippen molar-refractivity contribution in [1.82, 2.24) is 5.32 Å². The van der Waals surface area contributed by atoms with Crippen LogP contribution in [0.5, 0.6) is 0 Å². The largest absolute Gasteiger partial charge is 0.381 e. The van der Waals surface area contributed by atoms with Crippen LogP contribution in [-0.4, -0.2) is 25.3 Å². The zero-order chi connectivity index (χ0) is 15.2. The minimum Gasteiger partial charge on any atom is -0.381 e. The zero-order valence-corrected chi connectivity index (χ0v) is 14.7. The Morgan fingerprint density at radius 2 is 1.85 bits per heavy atom. The van der Waals surface area contributed by atoms with E-state index in [2.05, 4.69) is 46.9 Å². The second kappa shape index (κ2) is 8.38. The van der Waals surface area contributed by atoms with Gasteiger partial charge >= 0.3 is 0 Å². The molecule has 1 aliphatic rings. The van der Waals surface area contributed by atoms with E-state index in [-0.39, 0.29) is 5.54 Å². The molecular formula is C18H37NO. The Kier molecular flexibility index (Phi) is 7.53. The lowest BCUT2D eigenvalue weighted by Crippen LogP contribution is -2.43. The highest BCUT2D eigenvalue weighted by Gasteiger charge is 2.32. The zero-order valence-electron chi connectivity index (χ0n) is 14.7. The lowest BCUT2D eigenvalue weighted by Gasteiger charge is -2.39. The Morgan fingerprint density at radius 3 is 2.40 bits per heavy atom. The van der Waals surface area contributed by atoms with E-state index in [1.165, 1.54) is 19.3 Å². The van der Waals surface area contributed by atoms with E-state index in [1.54, 1.807) is 0 Å². The highest BCUT2D eigenvalue weighted by atomic mass is 16.5. The molecule has 0 amide bonds. The smallest absolute Gasteiger partial charge is 0.0497 e. The van der Waals surface area contributed by atoms with Gasteiger partial charge in [-0.15, -0.1) is 0 Å². The van der Waals surface area contributed by atoms with Crippen LogP contribution in [0.3, 0.4) is 0 Å². The van der Waals surface area contributed by atoms with Gasteiger partial charge in [0.1, 0.15) is 0 Å². The maximum Gasteiger partial charge on any atom is 0.0497 e. The molecule has 1 fully saturated rings. The van der Waals surface area contributed by atoms with E-state index in [9.17, 15) is 0 Å². The van der Waals surface area contributed by atoms with Crippen LogP contribution in [0.15, 0.2) is 0 Å². The Hall–Kier alpha value is -0.0800. The molecule has 0 heterocycles. The predicted octanol–water partition coefficient (Wildman–Crippen LogP) is 4.49. The molecule has 0 aromatic rings. The fourth-order valence-electron chi connectivity index (χ4n) is 3.26. The fourth-order valence-corrected chi connectivity index (χ4v) is 3.26. The Balaban J connectivity index is 2.51. The third-order valence-corrected chi connectivity index (χ3v) is 4.70. The summed E-state index contributed by atoms with van der Waals surface area (Å²) in [6.45, 7) is 16.8. The average Bonchev–Trinajstić information content (AvgIpc) is 2.36. The summed E-state index contributed by atoms with van der Waals surface area (Å²) >= 11 is 0. The van der Waals surface area contributed by atoms with Gasteiger partial charge in [-0.3, -0.25) is 0 Å². The van der Waals surface area contributed by atoms with Crippen molar-refractivity contribution in [2.45, 2.75) is 72.8 Å². The van der Waals surface area contributed by atoms with E-state index >= 15 is 0 Å². The minimum absolute atomic E-state index is 0.226. The third kappa shape index (κ3) is 6.58. The predicted molar refractivity (Wildman–Crippen MR) is 88.0 cm³/mol. The maximum absolute atomic E-state index is 5.88. The molecule has 0 spiro atoms. The molecule has 1 aliphatic carbocycles. The van der Waals surface area contributed by atoms with Crippen molar-refractivity contribution < 1.29 is 4.74 Å². The van der Waals surface area contributed by atoms with Gasteiger partial charge in [0.15, 0.2) is 0 Å². The molecule has 0 saturated heterocycles. The van der Waals surface area contributed by atoms with Gasteiger partial charge in [0.2, 0.25) is 0 Å². The van der Waals surface area contributed by atoms with Gasteiger partial charge in [-0.1, -0.05) is 20.8 Å². The van der Waals surface area contributed by atoms with Crippen LogP contribution in [0, 0.1) is 23.7 Å². The Morgan fingerprint density at radius 1 is 1.15 bits per heavy atom. The van der Waals surface area contributed by atoms with Gasteiger partial charge < -0.3 is 10.1 Å². The highest BCUT2D eigenvalue weighted by Crippen LogP contribution is 2.37. The van der Waals surface area contributed by atoms with E-state index < -0.39 is 0 Å². The van der Waals surface area contributed by atoms with Crippen molar-refractivity contribution >= 4 is 0 Å². The summed E-state index contributed by atoms with van der Waals surface area (Å²) < 4.78 is 5.88. The van der Waals surface area contributed by atoms with Gasteiger partial charge in [0, 0.05) is 18.8 Å². The van der Waals surface area contributed by atoms with E-state index in [4.69, 9.17) is 4.74 Å². The number of rotatable bonds is 7. The van der Waals surface area contributed by atoms with Crippen LogP contribution >= 0.6 is 0 Å². The van der Waals surface area contributed by atoms with Crippen molar-refractivity contribution in [3.63, 3.8) is 0 Å². The molecule has 120 valence electrons. The van der Waals surface area contributed by atoms with Crippen LogP contribution in [0.2, 0.25) is 0 Å². The van der Waals surface area contributed by atoms with Crippen LogP contribution < -0.4 is 5.32 Å². The molecule has 1 rings (SSSR count). The van der Waals surface area contributed by atoms with Crippen molar-refractivity contribution in [2.24, 2.45) is 23.7 Å². The van der Waals surface area contributed by atoms with Gasteiger partial charge in [-0.05, 0) is 76.7 Å². The maximum atomic E-state index is 5.88. The molecule has 0 bridgehead atoms. The molecule has 0 aromatic carbocycles. The molecule has 0 aliphatic heterocycles. The Bertz CT molecular complexity index is 257. The van der Waals surface area contributed by atoms with Gasteiger partial charge in [-0.2, -0.15) is 0 Å². The lowest BCUT2D eigenvalue weighted by atomic mass is 9.70. The van der Waals surface area contributed by atoms with Gasteiger partial charge in [0.05, 0.1) is 0 Å². The summed E-state index contributed by atoms with van der Waals surface area (Å²) in [5.41, 5.74) is 0.226. The highest BCUT2D eigenvalue weighted by molar-refractivity contribution is 4.84. The van der Waals surface area contributed by atoms with Gasteiger partial charge in [-0.25, -0.2) is 0 Å². The summed E-state index contributed by atoms with van der Waals surface area (Å²) in [5.74, 6) is 3.26. The summed E-state index contributed by atoms with van der Waals surface area (Å²) in [6, 6.07) is 0. The first kappa shape index (κ1) is 18.0. The molecule has 1 N–H and O–H groups in total. The molecule has 3 unspecified atom stereocenters. The average molecular weight is 284 g/mol. The quantitative estimate of drug-likeness (QED) is 0.695. The molecular weight excluding hydrogens is 246 g/mol. The molecule has 2 nitrogen and oxygen atoms in total. The number of hydrogen-bond donors (Lipinski definition) is 1. The van der Waals surface area contributed by atoms with E-state index in [0.29, 0.717) is 0 Å². The number of ether oxygens (including phenoxy) is 1. The summed E-state index contributed by atoms with van der Waals surface area (Å²) in [5, 5.41) is 3.70. The summed E-state index contributed by atoms with van der Waals surface area (Å²) in [6.07, 6.45) is 5.26. The van der Waals surface area contributed by atoms with Crippen molar-refractivity contribution in [3.8, 4) is 0 Å². The monoisotopic (exact) mass is 283 g/mol. The van der Waals surface area contributed by atoms with Crippen molar-refractivity contribution in [1.29, 1.82) is 0 Å². The number of hydrogen-bond acceptors (Lipinski definition) is 2. The summed E-state index contributed by atoms with van der Waals surface area (Å²) in [4.78, 5) is 0. The molecule has 1 saturated carbocycles.